The predicted octanol–water partition coefficient (Wildman–Crippen LogP) is 4.20. The van der Waals surface area contributed by atoms with E-state index in [-0.39, 0.29) is 21.9 Å². The van der Waals surface area contributed by atoms with Crippen LogP contribution in [0.15, 0.2) is 81.2 Å². The molecule has 1 amide bonds. The molecule has 0 saturated heterocycles. The largest absolute Gasteiger partial charge is 0.378 e. The molecule has 0 unspecified atom stereocenters. The van der Waals surface area contributed by atoms with Gasteiger partial charge < -0.3 is 4.18 Å². The van der Waals surface area contributed by atoms with Crippen molar-refractivity contribution in [2.45, 2.75) is 11.8 Å². The van der Waals surface area contributed by atoms with Gasteiger partial charge in [0.05, 0.1) is 15.6 Å². The minimum atomic E-state index is -4.00. The lowest BCUT2D eigenvalue weighted by atomic mass is 10.2. The van der Waals surface area contributed by atoms with Crippen LogP contribution in [0.2, 0.25) is 0 Å². The number of halogens is 1. The molecule has 0 aliphatic heterocycles. The predicted molar refractivity (Wildman–Crippen MR) is 121 cm³/mol. The Morgan fingerprint density at radius 1 is 1.12 bits per heavy atom. The summed E-state index contributed by atoms with van der Waals surface area (Å²) in [5, 5.41) is 14.6. The fraction of sp³-hybridized carbons (Fsp3) is 0.0476. The van der Waals surface area contributed by atoms with Gasteiger partial charge in [0.1, 0.15) is 4.90 Å². The number of aryl methyl sites for hydroxylation is 1. The second-order valence-electron chi connectivity index (χ2n) is 6.55. The zero-order chi connectivity index (χ0) is 23.3. The summed E-state index contributed by atoms with van der Waals surface area (Å²) in [7, 11) is -4.00. The molecule has 0 atom stereocenters. The number of benzene rings is 3. The summed E-state index contributed by atoms with van der Waals surface area (Å²) >= 11 is 3.26. The van der Waals surface area contributed by atoms with E-state index in [2.05, 4.69) is 26.5 Å². The number of amides is 1. The third-order valence-corrected chi connectivity index (χ3v) is 6.03. The normalized spacial score (nSPS) is 11.3. The number of carbonyl (C=O) groups is 1. The van der Waals surface area contributed by atoms with Crippen molar-refractivity contribution in [3.8, 4) is 5.75 Å². The molecule has 1 N–H and O–H groups in total. The Morgan fingerprint density at radius 3 is 2.50 bits per heavy atom. The number of hydrazone groups is 1. The van der Waals surface area contributed by atoms with E-state index in [4.69, 9.17) is 4.18 Å². The van der Waals surface area contributed by atoms with Gasteiger partial charge in [0, 0.05) is 17.7 Å². The lowest BCUT2D eigenvalue weighted by Gasteiger charge is -2.09. The molecule has 0 heterocycles. The molecule has 0 radical (unpaired) electrons. The number of carbonyl (C=O) groups excluding carboxylic acids is 1. The van der Waals surface area contributed by atoms with E-state index in [1.54, 1.807) is 24.3 Å². The van der Waals surface area contributed by atoms with E-state index in [1.807, 2.05) is 6.92 Å². The maximum absolute atomic E-state index is 12.4. The van der Waals surface area contributed by atoms with Crippen LogP contribution in [0, 0.1) is 17.0 Å². The smallest absolute Gasteiger partial charge is 0.339 e. The van der Waals surface area contributed by atoms with Crippen molar-refractivity contribution >= 4 is 43.9 Å². The monoisotopic (exact) mass is 517 g/mol. The minimum absolute atomic E-state index is 0.0319. The fourth-order valence-electron chi connectivity index (χ4n) is 2.53. The molecule has 32 heavy (non-hydrogen) atoms. The van der Waals surface area contributed by atoms with Gasteiger partial charge in [-0.05, 0) is 64.8 Å². The summed E-state index contributed by atoms with van der Waals surface area (Å²) in [5.74, 6) is -0.531. The first-order valence-corrected chi connectivity index (χ1v) is 11.2. The molecule has 0 aromatic heterocycles. The molecule has 0 fully saturated rings. The average Bonchev–Trinajstić information content (AvgIpc) is 2.76. The van der Waals surface area contributed by atoms with E-state index in [0.29, 0.717) is 10.0 Å². The third-order valence-electron chi connectivity index (χ3n) is 4.16. The first-order valence-electron chi connectivity index (χ1n) is 9.04. The van der Waals surface area contributed by atoms with Crippen molar-refractivity contribution in [2.75, 3.05) is 0 Å². The lowest BCUT2D eigenvalue weighted by molar-refractivity contribution is -0.384. The highest BCUT2D eigenvalue weighted by Crippen LogP contribution is 2.28. The number of nitro benzene ring substituents is 1. The Hall–Kier alpha value is -3.57. The number of nitrogens with zero attached hydrogens (tertiary/aromatic N) is 2. The summed E-state index contributed by atoms with van der Waals surface area (Å²) < 4.78 is 30.4. The molecule has 3 rings (SSSR count). The zero-order valence-corrected chi connectivity index (χ0v) is 19.0. The van der Waals surface area contributed by atoms with Crippen LogP contribution in [0.4, 0.5) is 5.69 Å². The van der Waals surface area contributed by atoms with Crippen LogP contribution >= 0.6 is 15.9 Å². The van der Waals surface area contributed by atoms with Crippen LogP contribution in [0.1, 0.15) is 21.5 Å². The van der Waals surface area contributed by atoms with E-state index >= 15 is 0 Å². The summed E-state index contributed by atoms with van der Waals surface area (Å²) in [5.41, 5.74) is 3.62. The number of hydrogen-bond donors (Lipinski definition) is 1. The number of non-ortho nitro benzene ring substituents is 1. The van der Waals surface area contributed by atoms with E-state index < -0.39 is 20.9 Å². The minimum Gasteiger partial charge on any atom is -0.378 e. The van der Waals surface area contributed by atoms with Gasteiger partial charge in [-0.15, -0.1) is 0 Å². The van der Waals surface area contributed by atoms with Crippen molar-refractivity contribution in [1.29, 1.82) is 0 Å². The highest BCUT2D eigenvalue weighted by atomic mass is 79.9. The molecule has 0 bridgehead atoms. The van der Waals surface area contributed by atoms with Crippen LogP contribution in [-0.2, 0) is 10.1 Å². The Kier molecular flexibility index (Phi) is 7.01. The molecule has 3 aromatic carbocycles. The number of nitro groups is 1. The fourth-order valence-corrected chi connectivity index (χ4v) is 4.06. The topological polar surface area (TPSA) is 128 Å². The van der Waals surface area contributed by atoms with Gasteiger partial charge in [0.15, 0.2) is 5.75 Å². The summed E-state index contributed by atoms with van der Waals surface area (Å²) in [6.45, 7) is 1.85. The van der Waals surface area contributed by atoms with Gasteiger partial charge in [-0.2, -0.15) is 13.5 Å². The summed E-state index contributed by atoms with van der Waals surface area (Å²) in [4.78, 5) is 22.3. The van der Waals surface area contributed by atoms with Crippen molar-refractivity contribution in [3.63, 3.8) is 0 Å². The Balaban J connectivity index is 1.68. The number of hydrogen-bond acceptors (Lipinski definition) is 7. The Morgan fingerprint density at radius 2 is 1.84 bits per heavy atom. The standard InChI is InChI=1S/C21H16BrN3O6S/c1-14-5-8-18(9-6-14)32(29,30)31-20-10-7-15(11-19(20)22)13-23-24-21(26)16-3-2-4-17(12-16)25(27)28/h2-13H,1H3,(H,24,26)/b23-13-. The number of nitrogens with one attached hydrogen (secondary N) is 1. The molecule has 3 aromatic rings. The van der Waals surface area contributed by atoms with Crippen LogP contribution in [0.25, 0.3) is 0 Å². The van der Waals surface area contributed by atoms with Gasteiger partial charge >= 0.3 is 10.1 Å². The van der Waals surface area contributed by atoms with Crippen LogP contribution < -0.4 is 9.61 Å². The molecule has 0 spiro atoms. The number of rotatable bonds is 7. The highest BCUT2D eigenvalue weighted by Gasteiger charge is 2.18. The van der Waals surface area contributed by atoms with Gasteiger partial charge in [-0.1, -0.05) is 23.8 Å². The first-order chi connectivity index (χ1) is 15.2. The molecule has 9 nitrogen and oxygen atoms in total. The van der Waals surface area contributed by atoms with Gasteiger partial charge in [0.2, 0.25) is 0 Å². The van der Waals surface area contributed by atoms with Crippen molar-refractivity contribution in [1.82, 2.24) is 5.43 Å². The van der Waals surface area contributed by atoms with Crippen molar-refractivity contribution in [2.24, 2.45) is 5.10 Å². The summed E-state index contributed by atoms with van der Waals surface area (Å²) in [6, 6.07) is 16.1. The van der Waals surface area contributed by atoms with Crippen LogP contribution in [0.5, 0.6) is 5.75 Å². The van der Waals surface area contributed by atoms with E-state index in [1.165, 1.54) is 42.6 Å². The quantitative estimate of drug-likeness (QED) is 0.216. The van der Waals surface area contributed by atoms with E-state index in [0.717, 1.165) is 11.6 Å². The molecule has 0 aliphatic carbocycles. The zero-order valence-electron chi connectivity index (χ0n) is 16.6. The molecule has 164 valence electrons. The maximum atomic E-state index is 12.4. The molecule has 0 aliphatic rings. The van der Waals surface area contributed by atoms with Crippen molar-refractivity contribution in [3.05, 3.63) is 98.0 Å². The molecular weight excluding hydrogens is 502 g/mol. The molecule has 0 saturated carbocycles. The molecule has 11 heteroatoms. The van der Waals surface area contributed by atoms with Gasteiger partial charge in [-0.3, -0.25) is 14.9 Å². The first kappa shape index (κ1) is 23.1. The molecular formula is C21H16BrN3O6S. The third kappa shape index (κ3) is 5.77. The van der Waals surface area contributed by atoms with Gasteiger partial charge in [0.25, 0.3) is 11.6 Å². The van der Waals surface area contributed by atoms with Crippen LogP contribution in [0.3, 0.4) is 0 Å². The van der Waals surface area contributed by atoms with Crippen molar-refractivity contribution < 1.29 is 22.3 Å². The second kappa shape index (κ2) is 9.71. The van der Waals surface area contributed by atoms with E-state index in [9.17, 15) is 23.3 Å². The summed E-state index contributed by atoms with van der Waals surface area (Å²) in [6.07, 6.45) is 1.33. The Labute approximate surface area is 192 Å². The van der Waals surface area contributed by atoms with Crippen LogP contribution in [-0.4, -0.2) is 25.5 Å². The highest BCUT2D eigenvalue weighted by molar-refractivity contribution is 9.10. The average molecular weight is 518 g/mol. The van der Waals surface area contributed by atoms with Gasteiger partial charge in [-0.25, -0.2) is 5.43 Å². The lowest BCUT2D eigenvalue weighted by Crippen LogP contribution is -2.17. The maximum Gasteiger partial charge on any atom is 0.339 e. The Bertz CT molecular complexity index is 1310. The second-order valence-corrected chi connectivity index (χ2v) is 8.95. The SMILES string of the molecule is Cc1ccc(S(=O)(=O)Oc2ccc(/C=N\NC(=O)c3cccc([N+](=O)[O-])c3)cc2Br)cc1.